The van der Waals surface area contributed by atoms with Crippen LogP contribution in [0.1, 0.15) is 6.92 Å². The van der Waals surface area contributed by atoms with Crippen molar-refractivity contribution < 1.29 is 18.7 Å². The first-order valence-electron chi connectivity index (χ1n) is 6.62. The van der Waals surface area contributed by atoms with E-state index < -0.39 is 23.3 Å². The van der Waals surface area contributed by atoms with Crippen molar-refractivity contribution in [1.29, 1.82) is 0 Å². The number of hydrogen-bond donors (Lipinski definition) is 0. The van der Waals surface area contributed by atoms with Gasteiger partial charge >= 0.3 is 0 Å². The molecule has 0 spiro atoms. The van der Waals surface area contributed by atoms with E-state index in [-0.39, 0.29) is 22.9 Å². The molecule has 0 saturated carbocycles. The molecule has 3 heterocycles. The first-order valence-corrected chi connectivity index (χ1v) is 7.00. The van der Waals surface area contributed by atoms with Crippen LogP contribution in [0.5, 0.6) is 0 Å². The van der Waals surface area contributed by atoms with Crippen molar-refractivity contribution in [2.75, 3.05) is 4.90 Å². The lowest BCUT2D eigenvalue weighted by atomic mass is 9.78. The third-order valence-corrected chi connectivity index (χ3v) is 4.78. The molecule has 0 N–H and O–H groups in total. The van der Waals surface area contributed by atoms with Crippen LogP contribution in [0, 0.1) is 17.7 Å². The van der Waals surface area contributed by atoms with Crippen LogP contribution in [-0.4, -0.2) is 23.5 Å². The lowest BCUT2D eigenvalue weighted by Crippen LogP contribution is -2.38. The molecule has 0 aromatic heterocycles. The van der Waals surface area contributed by atoms with Gasteiger partial charge in [0.1, 0.15) is 5.82 Å². The van der Waals surface area contributed by atoms with E-state index in [1.165, 1.54) is 12.1 Å². The van der Waals surface area contributed by atoms with Crippen molar-refractivity contribution in [2.24, 2.45) is 11.8 Å². The molecule has 4 rings (SSSR count). The molecule has 0 aliphatic carbocycles. The summed E-state index contributed by atoms with van der Waals surface area (Å²) in [6.45, 7) is 1.81. The second-order valence-corrected chi connectivity index (χ2v) is 6.15. The molecule has 3 aliphatic heterocycles. The Labute approximate surface area is 125 Å². The van der Waals surface area contributed by atoms with E-state index in [4.69, 9.17) is 16.3 Å². The van der Waals surface area contributed by atoms with Gasteiger partial charge in [-0.3, -0.25) is 9.59 Å². The lowest BCUT2D eigenvalue weighted by Gasteiger charge is -2.24. The average molecular weight is 308 g/mol. The highest BCUT2D eigenvalue weighted by atomic mass is 35.5. The molecular formula is C15H11ClFNO3. The fourth-order valence-corrected chi connectivity index (χ4v) is 3.71. The van der Waals surface area contributed by atoms with E-state index in [2.05, 4.69) is 0 Å². The molecule has 2 saturated heterocycles. The Balaban J connectivity index is 1.78. The van der Waals surface area contributed by atoms with Gasteiger partial charge in [0.15, 0.2) is 0 Å². The zero-order valence-corrected chi connectivity index (χ0v) is 11.8. The number of carbonyl (C=O) groups is 2. The van der Waals surface area contributed by atoms with Crippen LogP contribution in [0.2, 0.25) is 5.02 Å². The Bertz CT molecular complexity index is 719. The van der Waals surface area contributed by atoms with Crippen LogP contribution in [0.15, 0.2) is 30.4 Å². The summed E-state index contributed by atoms with van der Waals surface area (Å²) in [7, 11) is 0. The quantitative estimate of drug-likeness (QED) is 0.591. The van der Waals surface area contributed by atoms with Gasteiger partial charge in [0, 0.05) is 0 Å². The molecule has 2 bridgehead atoms. The maximum Gasteiger partial charge on any atom is 0.241 e. The number of nitrogens with zero attached hydrogens (tertiary/aromatic N) is 1. The van der Waals surface area contributed by atoms with E-state index in [0.29, 0.717) is 5.69 Å². The van der Waals surface area contributed by atoms with Gasteiger partial charge in [-0.15, -0.1) is 0 Å². The zero-order valence-electron chi connectivity index (χ0n) is 11.0. The van der Waals surface area contributed by atoms with Crippen molar-refractivity contribution >= 4 is 29.1 Å². The van der Waals surface area contributed by atoms with E-state index in [1.54, 1.807) is 6.92 Å². The fourth-order valence-electron chi connectivity index (χ4n) is 3.53. The van der Waals surface area contributed by atoms with Gasteiger partial charge in [0.25, 0.3) is 0 Å². The number of amides is 2. The molecule has 0 radical (unpaired) electrons. The minimum atomic E-state index is -0.735. The van der Waals surface area contributed by atoms with E-state index >= 15 is 0 Å². The van der Waals surface area contributed by atoms with Crippen molar-refractivity contribution in [1.82, 2.24) is 0 Å². The summed E-state index contributed by atoms with van der Waals surface area (Å²) >= 11 is 5.74. The van der Waals surface area contributed by atoms with Gasteiger partial charge in [0.2, 0.25) is 11.8 Å². The normalized spacial score (nSPS) is 36.7. The second-order valence-electron chi connectivity index (χ2n) is 5.74. The topological polar surface area (TPSA) is 46.6 Å². The van der Waals surface area contributed by atoms with Crippen LogP contribution in [0.3, 0.4) is 0 Å². The number of anilines is 1. The lowest BCUT2D eigenvalue weighted by molar-refractivity contribution is -0.126. The third kappa shape index (κ3) is 1.53. The highest BCUT2D eigenvalue weighted by Gasteiger charge is 2.66. The van der Waals surface area contributed by atoms with Crippen LogP contribution < -0.4 is 4.90 Å². The monoisotopic (exact) mass is 307 g/mol. The predicted octanol–water partition coefficient (Wildman–Crippen LogP) is 2.31. The largest absolute Gasteiger partial charge is 0.362 e. The van der Waals surface area contributed by atoms with Crippen molar-refractivity contribution in [3.05, 3.63) is 41.2 Å². The van der Waals surface area contributed by atoms with Crippen molar-refractivity contribution in [2.45, 2.75) is 18.6 Å². The Morgan fingerprint density at radius 2 is 2.10 bits per heavy atom. The predicted molar refractivity (Wildman–Crippen MR) is 73.3 cm³/mol. The van der Waals surface area contributed by atoms with E-state index in [1.807, 2.05) is 12.2 Å². The van der Waals surface area contributed by atoms with Gasteiger partial charge in [-0.25, -0.2) is 9.29 Å². The maximum absolute atomic E-state index is 13.3. The second kappa shape index (κ2) is 3.93. The molecule has 2 amide bonds. The molecule has 1 aromatic rings. The number of carbonyl (C=O) groups excluding carboxylic acids is 2. The first-order chi connectivity index (χ1) is 9.92. The summed E-state index contributed by atoms with van der Waals surface area (Å²) in [6, 6.07) is 3.83. The first kappa shape index (κ1) is 13.0. The zero-order chi connectivity index (χ0) is 14.9. The molecule has 108 valence electrons. The summed E-state index contributed by atoms with van der Waals surface area (Å²) in [4.78, 5) is 26.3. The number of ether oxygens (including phenoxy) is 1. The fraction of sp³-hybridized carbons (Fsp3) is 0.333. The molecule has 4 nitrogen and oxygen atoms in total. The van der Waals surface area contributed by atoms with Crippen molar-refractivity contribution in [3.8, 4) is 0 Å². The summed E-state index contributed by atoms with van der Waals surface area (Å²) in [6.07, 6.45) is 3.30. The van der Waals surface area contributed by atoms with E-state index in [0.717, 1.165) is 11.0 Å². The smallest absolute Gasteiger partial charge is 0.241 e. The van der Waals surface area contributed by atoms with Crippen LogP contribution in [0.25, 0.3) is 0 Å². The SMILES string of the molecule is C[C@]12C=C[C@H](O1)[C@H]1C(=O)N(c3ccc(F)c(Cl)c3)C(=O)[C@@H]12. The highest BCUT2D eigenvalue weighted by molar-refractivity contribution is 6.31. The summed E-state index contributed by atoms with van der Waals surface area (Å²) < 4.78 is 19.0. The number of rotatable bonds is 1. The Morgan fingerprint density at radius 1 is 1.33 bits per heavy atom. The van der Waals surface area contributed by atoms with Crippen molar-refractivity contribution in [3.63, 3.8) is 0 Å². The molecule has 3 aliphatic rings. The molecule has 1 aromatic carbocycles. The maximum atomic E-state index is 13.3. The summed E-state index contributed by atoms with van der Waals surface area (Å²) in [5.74, 6) is -2.25. The van der Waals surface area contributed by atoms with Crippen LogP contribution in [-0.2, 0) is 14.3 Å². The number of benzene rings is 1. The Morgan fingerprint density at radius 3 is 2.76 bits per heavy atom. The van der Waals surface area contributed by atoms with Gasteiger partial charge in [0.05, 0.1) is 34.3 Å². The number of fused-ring (bicyclic) bond motifs is 5. The standard InChI is InChI=1S/C15H11ClFNO3/c1-15-5-4-10(21-15)11-12(15)14(20)18(13(11)19)7-2-3-9(17)8(16)6-7/h2-6,10-12H,1H3/t10-,11+,12+,15+/m0/s1. The molecule has 21 heavy (non-hydrogen) atoms. The van der Waals surface area contributed by atoms with Gasteiger partial charge in [-0.05, 0) is 25.1 Å². The molecule has 4 atom stereocenters. The Kier molecular flexibility index (Phi) is 2.43. The van der Waals surface area contributed by atoms with Gasteiger partial charge < -0.3 is 4.74 Å². The Hall–Kier alpha value is -1.72. The number of halogens is 2. The molecular weight excluding hydrogens is 297 g/mol. The van der Waals surface area contributed by atoms with E-state index in [9.17, 15) is 14.0 Å². The van der Waals surface area contributed by atoms with Gasteiger partial charge in [-0.2, -0.15) is 0 Å². The van der Waals surface area contributed by atoms with Crippen LogP contribution in [0.4, 0.5) is 10.1 Å². The molecule has 0 unspecified atom stereocenters. The van der Waals surface area contributed by atoms with Crippen LogP contribution >= 0.6 is 11.6 Å². The minimum Gasteiger partial charge on any atom is -0.362 e. The summed E-state index contributed by atoms with van der Waals surface area (Å²) in [5, 5.41) is -0.117. The third-order valence-electron chi connectivity index (χ3n) is 4.49. The molecule has 6 heteroatoms. The minimum absolute atomic E-state index is 0.117. The average Bonchev–Trinajstić information content (AvgIpc) is 3.03. The number of hydrogen-bond acceptors (Lipinski definition) is 3. The number of imide groups is 1. The summed E-state index contributed by atoms with van der Waals surface area (Å²) in [5.41, 5.74) is -0.436. The highest BCUT2D eigenvalue weighted by Crippen LogP contribution is 2.52. The molecule has 2 fully saturated rings. The van der Waals surface area contributed by atoms with Gasteiger partial charge in [-0.1, -0.05) is 23.8 Å².